The molecule has 1 aliphatic rings. The van der Waals surface area contributed by atoms with Gasteiger partial charge in [-0.15, -0.1) is 0 Å². The predicted molar refractivity (Wildman–Crippen MR) is 107 cm³/mol. The maximum atomic E-state index is 14.7. The minimum atomic E-state index is -4.73. The van der Waals surface area contributed by atoms with Crippen molar-refractivity contribution < 1.29 is 27.1 Å². The predicted octanol–water partition coefficient (Wildman–Crippen LogP) is 4.17. The number of rotatable bonds is 5. The third-order valence-electron chi connectivity index (χ3n) is 5.02. The average molecular weight is 442 g/mol. The molecule has 2 atom stereocenters. The number of carbonyl (C=O) groups excluding carboxylic acids is 1. The van der Waals surface area contributed by atoms with Gasteiger partial charge >= 0.3 is 6.18 Å². The molecule has 2 unspecified atom stereocenters. The van der Waals surface area contributed by atoms with E-state index in [1.807, 2.05) is 18.7 Å². The third kappa shape index (κ3) is 5.17. The molecule has 10 heteroatoms. The van der Waals surface area contributed by atoms with Crippen molar-refractivity contribution in [1.29, 1.82) is 0 Å². The topological polar surface area (TPSA) is 59.4 Å². The number of alkyl halides is 3. The molecule has 3 rings (SSSR count). The molecule has 31 heavy (non-hydrogen) atoms. The number of ether oxygens (including phenoxy) is 1. The summed E-state index contributed by atoms with van der Waals surface area (Å²) in [7, 11) is 0. The summed E-state index contributed by atoms with van der Waals surface area (Å²) in [6.45, 7) is 7.92. The minimum Gasteiger partial charge on any atom is -0.372 e. The van der Waals surface area contributed by atoms with Crippen LogP contribution in [-0.2, 0) is 17.5 Å². The van der Waals surface area contributed by atoms with Crippen molar-refractivity contribution in [2.45, 2.75) is 58.7 Å². The lowest BCUT2D eigenvalue weighted by Gasteiger charge is -2.37. The van der Waals surface area contributed by atoms with Crippen molar-refractivity contribution in [3.63, 3.8) is 0 Å². The van der Waals surface area contributed by atoms with Crippen LogP contribution in [0.3, 0.4) is 0 Å². The lowest BCUT2D eigenvalue weighted by molar-refractivity contribution is -0.145. The van der Waals surface area contributed by atoms with Gasteiger partial charge in [-0.25, -0.2) is 4.39 Å². The van der Waals surface area contributed by atoms with Gasteiger partial charge in [0.05, 0.1) is 29.7 Å². The van der Waals surface area contributed by atoms with Crippen molar-refractivity contribution in [3.05, 3.63) is 47.0 Å². The first kappa shape index (κ1) is 23.1. The lowest BCUT2D eigenvalue weighted by Crippen LogP contribution is -2.45. The molecular weight excluding hydrogens is 416 g/mol. The number of amides is 1. The van der Waals surface area contributed by atoms with Gasteiger partial charge in [-0.1, -0.05) is 6.07 Å². The first-order valence-electron chi connectivity index (χ1n) is 10.1. The highest BCUT2D eigenvalue weighted by Gasteiger charge is 2.40. The van der Waals surface area contributed by atoms with Crippen LogP contribution in [0.5, 0.6) is 0 Å². The molecule has 1 fully saturated rings. The fourth-order valence-corrected chi connectivity index (χ4v) is 3.77. The fourth-order valence-electron chi connectivity index (χ4n) is 3.77. The molecule has 1 aliphatic heterocycles. The largest absolute Gasteiger partial charge is 0.433 e. The summed E-state index contributed by atoms with van der Waals surface area (Å²) in [6.07, 6.45) is -3.88. The first-order valence-corrected chi connectivity index (χ1v) is 10.1. The van der Waals surface area contributed by atoms with Gasteiger partial charge in [-0.2, -0.15) is 18.3 Å². The second-order valence-corrected chi connectivity index (χ2v) is 8.07. The second-order valence-electron chi connectivity index (χ2n) is 8.07. The molecule has 2 heterocycles. The highest BCUT2D eigenvalue weighted by atomic mass is 19.4. The number of benzene rings is 1. The SMILES string of the molecule is CC1CN(c2ccc(CNC(=O)c3cnn(C(C)C)c3C(F)(F)F)cc2F)CC(C)O1. The van der Waals surface area contributed by atoms with Gasteiger partial charge < -0.3 is 15.0 Å². The van der Waals surface area contributed by atoms with Crippen LogP contribution < -0.4 is 10.2 Å². The monoisotopic (exact) mass is 442 g/mol. The van der Waals surface area contributed by atoms with Crippen molar-refractivity contribution in [2.24, 2.45) is 0 Å². The number of hydrogen-bond acceptors (Lipinski definition) is 4. The lowest BCUT2D eigenvalue weighted by atomic mass is 10.1. The second kappa shape index (κ2) is 8.86. The van der Waals surface area contributed by atoms with Crippen LogP contribution in [0.15, 0.2) is 24.4 Å². The van der Waals surface area contributed by atoms with E-state index in [0.717, 1.165) is 10.9 Å². The Balaban J connectivity index is 1.72. The molecule has 170 valence electrons. The molecule has 1 aromatic carbocycles. The van der Waals surface area contributed by atoms with E-state index in [1.165, 1.54) is 6.07 Å². The van der Waals surface area contributed by atoms with Crippen LogP contribution in [0.25, 0.3) is 0 Å². The zero-order chi connectivity index (χ0) is 22.9. The van der Waals surface area contributed by atoms with Crippen molar-refractivity contribution in [1.82, 2.24) is 15.1 Å². The molecule has 1 aromatic heterocycles. The molecule has 0 bridgehead atoms. The summed E-state index contributed by atoms with van der Waals surface area (Å²) >= 11 is 0. The molecule has 0 aliphatic carbocycles. The maximum absolute atomic E-state index is 14.7. The van der Waals surface area contributed by atoms with Gasteiger partial charge in [-0.05, 0) is 45.4 Å². The number of nitrogens with zero attached hydrogens (tertiary/aromatic N) is 3. The van der Waals surface area contributed by atoms with Gasteiger partial charge in [0, 0.05) is 25.7 Å². The van der Waals surface area contributed by atoms with E-state index in [4.69, 9.17) is 4.74 Å². The van der Waals surface area contributed by atoms with Crippen LogP contribution in [0.2, 0.25) is 0 Å². The quantitative estimate of drug-likeness (QED) is 0.707. The number of aromatic nitrogens is 2. The Morgan fingerprint density at radius 2 is 1.90 bits per heavy atom. The molecular formula is C21H26F4N4O2. The van der Waals surface area contributed by atoms with Gasteiger partial charge in [0.25, 0.3) is 5.91 Å². The molecule has 2 aromatic rings. The van der Waals surface area contributed by atoms with E-state index in [1.54, 1.807) is 26.0 Å². The molecule has 1 amide bonds. The van der Waals surface area contributed by atoms with Crippen molar-refractivity contribution >= 4 is 11.6 Å². The van der Waals surface area contributed by atoms with Crippen LogP contribution in [0.4, 0.5) is 23.2 Å². The fraction of sp³-hybridized carbons (Fsp3) is 0.524. The third-order valence-corrected chi connectivity index (χ3v) is 5.02. The summed E-state index contributed by atoms with van der Waals surface area (Å²) in [6, 6.07) is 3.97. The van der Waals surface area contributed by atoms with Crippen LogP contribution >= 0.6 is 0 Å². The van der Waals surface area contributed by atoms with E-state index in [-0.39, 0.29) is 18.8 Å². The summed E-state index contributed by atoms with van der Waals surface area (Å²) in [5, 5.41) is 6.14. The Bertz CT molecular complexity index is 932. The molecule has 1 saturated heterocycles. The van der Waals surface area contributed by atoms with E-state index in [2.05, 4.69) is 10.4 Å². The van der Waals surface area contributed by atoms with Gasteiger partial charge in [-0.3, -0.25) is 9.48 Å². The summed E-state index contributed by atoms with van der Waals surface area (Å²) in [5.74, 6) is -1.38. The first-order chi connectivity index (χ1) is 14.5. The Morgan fingerprint density at radius 3 is 2.45 bits per heavy atom. The van der Waals surface area contributed by atoms with E-state index >= 15 is 0 Å². The summed E-state index contributed by atoms with van der Waals surface area (Å²) < 4.78 is 61.5. The molecule has 1 N–H and O–H groups in total. The number of halogens is 4. The smallest absolute Gasteiger partial charge is 0.372 e. The zero-order valence-electron chi connectivity index (χ0n) is 17.8. The Labute approximate surface area is 178 Å². The van der Waals surface area contributed by atoms with Crippen LogP contribution in [0, 0.1) is 5.82 Å². The Morgan fingerprint density at radius 1 is 1.26 bits per heavy atom. The molecule has 0 spiro atoms. The number of anilines is 1. The van der Waals surface area contributed by atoms with Crippen molar-refractivity contribution in [3.8, 4) is 0 Å². The normalized spacial score (nSPS) is 19.7. The maximum Gasteiger partial charge on any atom is 0.433 e. The van der Waals surface area contributed by atoms with Crippen LogP contribution in [-0.4, -0.2) is 41.0 Å². The van der Waals surface area contributed by atoms with E-state index in [9.17, 15) is 22.4 Å². The molecule has 6 nitrogen and oxygen atoms in total. The number of morpholine rings is 1. The van der Waals surface area contributed by atoms with Gasteiger partial charge in [0.1, 0.15) is 5.82 Å². The number of carbonyl (C=O) groups is 1. The van der Waals surface area contributed by atoms with Gasteiger partial charge in [0.15, 0.2) is 5.69 Å². The van der Waals surface area contributed by atoms with Crippen molar-refractivity contribution in [2.75, 3.05) is 18.0 Å². The summed E-state index contributed by atoms with van der Waals surface area (Å²) in [4.78, 5) is 14.3. The Hall–Kier alpha value is -2.62. The average Bonchev–Trinajstić information content (AvgIpc) is 3.11. The van der Waals surface area contributed by atoms with E-state index in [0.29, 0.717) is 24.3 Å². The highest BCUT2D eigenvalue weighted by Crippen LogP contribution is 2.33. The standard InChI is InChI=1S/C21H26F4N4O2/c1-12(2)29-19(21(23,24)25)16(9-27-29)20(30)26-8-15-5-6-18(17(22)7-15)28-10-13(3)31-14(4)11-28/h5-7,9,12-14H,8,10-11H2,1-4H3,(H,26,30). The zero-order valence-corrected chi connectivity index (χ0v) is 17.8. The minimum absolute atomic E-state index is 0.0308. The van der Waals surface area contributed by atoms with E-state index < -0.39 is 35.2 Å². The van der Waals surface area contributed by atoms with Gasteiger partial charge in [0.2, 0.25) is 0 Å². The Kier molecular flexibility index (Phi) is 6.59. The number of nitrogens with one attached hydrogen (secondary N) is 1. The number of hydrogen-bond donors (Lipinski definition) is 1. The highest BCUT2D eigenvalue weighted by molar-refractivity contribution is 5.95. The van der Waals surface area contributed by atoms with Crippen LogP contribution in [0.1, 0.15) is 55.4 Å². The molecule has 0 radical (unpaired) electrons. The summed E-state index contributed by atoms with van der Waals surface area (Å²) in [5.41, 5.74) is -0.796. The molecule has 0 saturated carbocycles.